The van der Waals surface area contributed by atoms with Crippen LogP contribution in [-0.2, 0) is 17.8 Å². The molecule has 3 nitrogen and oxygen atoms in total. The largest absolute Gasteiger partial charge is 0.379 e. The standard InChI is InChI=1S/C25H34N2O/c1-24(2)14-20-5-4-16(15-26-3)9-21(20)22(27-24)10-23(28)25-11-17-6-18(12-25)8-19(7-17)13-25/h4-5,9-10,17-19,26-27H,6-8,11-15H2,1-3H3/b22-10-. The quantitative estimate of drug-likeness (QED) is 0.760. The lowest BCUT2D eigenvalue weighted by atomic mass is 9.48. The number of hydrogen-bond donors (Lipinski definition) is 2. The maximum atomic E-state index is 13.7. The van der Waals surface area contributed by atoms with Crippen molar-refractivity contribution in [3.05, 3.63) is 41.0 Å². The first-order valence-electron chi connectivity index (χ1n) is 11.2. The van der Waals surface area contributed by atoms with E-state index in [0.29, 0.717) is 5.78 Å². The van der Waals surface area contributed by atoms with Crippen molar-refractivity contribution < 1.29 is 4.79 Å². The summed E-state index contributed by atoms with van der Waals surface area (Å²) in [5.41, 5.74) is 4.82. The molecule has 6 rings (SSSR count). The average molecular weight is 379 g/mol. The van der Waals surface area contributed by atoms with Crippen LogP contribution in [0.25, 0.3) is 5.70 Å². The fraction of sp³-hybridized carbons (Fsp3) is 0.640. The third-order valence-corrected chi connectivity index (χ3v) is 7.79. The molecule has 1 aromatic carbocycles. The zero-order chi connectivity index (χ0) is 19.5. The summed E-state index contributed by atoms with van der Waals surface area (Å²) in [7, 11) is 1.98. The van der Waals surface area contributed by atoms with Crippen LogP contribution in [0.3, 0.4) is 0 Å². The van der Waals surface area contributed by atoms with Gasteiger partial charge in [0.25, 0.3) is 0 Å². The Balaban J connectivity index is 1.51. The molecule has 1 aromatic rings. The first kappa shape index (κ1) is 18.4. The van der Waals surface area contributed by atoms with Crippen molar-refractivity contribution in [3.63, 3.8) is 0 Å². The van der Waals surface area contributed by atoms with Crippen LogP contribution >= 0.6 is 0 Å². The highest BCUT2D eigenvalue weighted by Crippen LogP contribution is 2.60. The molecule has 0 saturated heterocycles. The molecule has 4 aliphatic carbocycles. The number of hydrogen-bond acceptors (Lipinski definition) is 3. The van der Waals surface area contributed by atoms with Crippen LogP contribution in [0.15, 0.2) is 24.3 Å². The fourth-order valence-corrected chi connectivity index (χ4v) is 7.11. The molecule has 3 heteroatoms. The molecule has 0 amide bonds. The highest BCUT2D eigenvalue weighted by molar-refractivity contribution is 6.01. The van der Waals surface area contributed by atoms with Crippen molar-refractivity contribution in [2.45, 2.75) is 70.9 Å². The lowest BCUT2D eigenvalue weighted by Crippen LogP contribution is -2.50. The highest BCUT2D eigenvalue weighted by atomic mass is 16.1. The number of allylic oxidation sites excluding steroid dienone is 1. The van der Waals surface area contributed by atoms with Gasteiger partial charge in [-0.15, -0.1) is 0 Å². The molecule has 2 N–H and O–H groups in total. The Morgan fingerprint density at radius 3 is 2.39 bits per heavy atom. The van der Waals surface area contributed by atoms with E-state index in [0.717, 1.165) is 55.7 Å². The van der Waals surface area contributed by atoms with E-state index in [4.69, 9.17) is 0 Å². The van der Waals surface area contributed by atoms with Crippen molar-refractivity contribution in [1.82, 2.24) is 10.6 Å². The van der Waals surface area contributed by atoms with Crippen molar-refractivity contribution in [2.75, 3.05) is 7.05 Å². The van der Waals surface area contributed by atoms with Gasteiger partial charge in [-0.05, 0) is 101 Å². The summed E-state index contributed by atoms with van der Waals surface area (Å²) in [6.45, 7) is 5.33. The van der Waals surface area contributed by atoms with Gasteiger partial charge < -0.3 is 10.6 Å². The van der Waals surface area contributed by atoms with Gasteiger partial charge in [0.1, 0.15) is 0 Å². The number of carbonyl (C=O) groups is 1. The van der Waals surface area contributed by atoms with Gasteiger partial charge in [-0.1, -0.05) is 12.1 Å². The zero-order valence-electron chi connectivity index (χ0n) is 17.6. The molecule has 5 aliphatic rings. The molecular weight excluding hydrogens is 344 g/mol. The van der Waals surface area contributed by atoms with Crippen LogP contribution in [0.5, 0.6) is 0 Å². The summed E-state index contributed by atoms with van der Waals surface area (Å²) in [6, 6.07) is 6.75. The Morgan fingerprint density at radius 2 is 1.79 bits per heavy atom. The fourth-order valence-electron chi connectivity index (χ4n) is 7.11. The summed E-state index contributed by atoms with van der Waals surface area (Å²) >= 11 is 0. The minimum atomic E-state index is -0.0617. The molecule has 0 aromatic heterocycles. The van der Waals surface area contributed by atoms with Crippen LogP contribution in [0.2, 0.25) is 0 Å². The molecule has 4 saturated carbocycles. The van der Waals surface area contributed by atoms with E-state index in [9.17, 15) is 4.79 Å². The first-order chi connectivity index (χ1) is 13.4. The Kier molecular flexibility index (Phi) is 4.24. The lowest BCUT2D eigenvalue weighted by Gasteiger charge is -2.55. The Hall–Kier alpha value is -1.61. The van der Waals surface area contributed by atoms with Gasteiger partial charge in [-0.2, -0.15) is 0 Å². The molecule has 4 fully saturated rings. The van der Waals surface area contributed by atoms with E-state index in [1.54, 1.807) is 0 Å². The van der Waals surface area contributed by atoms with Gasteiger partial charge in [-0.25, -0.2) is 0 Å². The van der Waals surface area contributed by atoms with Crippen molar-refractivity contribution in [2.24, 2.45) is 23.2 Å². The molecule has 28 heavy (non-hydrogen) atoms. The van der Waals surface area contributed by atoms with Gasteiger partial charge in [-0.3, -0.25) is 4.79 Å². The summed E-state index contributed by atoms with van der Waals surface area (Å²) in [5.74, 6) is 2.81. The summed E-state index contributed by atoms with van der Waals surface area (Å²) in [4.78, 5) is 13.7. The Labute approximate surface area is 169 Å². The predicted molar refractivity (Wildman–Crippen MR) is 114 cm³/mol. The number of fused-ring (bicyclic) bond motifs is 1. The first-order valence-corrected chi connectivity index (χ1v) is 11.2. The molecule has 4 bridgehead atoms. The third-order valence-electron chi connectivity index (χ3n) is 7.79. The van der Waals surface area contributed by atoms with Crippen LogP contribution in [0.4, 0.5) is 0 Å². The predicted octanol–water partition coefficient (Wildman–Crippen LogP) is 4.46. The molecule has 1 heterocycles. The van der Waals surface area contributed by atoms with E-state index >= 15 is 0 Å². The second-order valence-electron chi connectivity index (χ2n) is 10.8. The summed E-state index contributed by atoms with van der Waals surface area (Å²) in [6.07, 6.45) is 10.5. The summed E-state index contributed by atoms with van der Waals surface area (Å²) in [5, 5.41) is 6.95. The average Bonchev–Trinajstić information content (AvgIpc) is 2.60. The van der Waals surface area contributed by atoms with E-state index in [-0.39, 0.29) is 11.0 Å². The maximum Gasteiger partial charge on any atom is 0.163 e. The van der Waals surface area contributed by atoms with E-state index in [2.05, 4.69) is 42.7 Å². The number of ketones is 1. The van der Waals surface area contributed by atoms with Gasteiger partial charge in [0.15, 0.2) is 5.78 Å². The van der Waals surface area contributed by atoms with Crippen LogP contribution in [0.1, 0.15) is 69.1 Å². The number of benzene rings is 1. The minimum Gasteiger partial charge on any atom is -0.379 e. The van der Waals surface area contributed by atoms with Gasteiger partial charge in [0.2, 0.25) is 0 Å². The zero-order valence-corrected chi connectivity index (χ0v) is 17.6. The summed E-state index contributed by atoms with van der Waals surface area (Å²) < 4.78 is 0. The topological polar surface area (TPSA) is 41.1 Å². The molecule has 1 aliphatic heterocycles. The normalized spacial score (nSPS) is 36.2. The smallest absolute Gasteiger partial charge is 0.163 e. The second kappa shape index (κ2) is 6.45. The SMILES string of the molecule is CNCc1ccc2c(c1)/C(=C/C(=O)C13CC4CC(CC(C4)C1)C3)NC(C)(C)C2. The van der Waals surface area contributed by atoms with Crippen LogP contribution in [-0.4, -0.2) is 18.4 Å². The molecule has 0 radical (unpaired) electrons. The van der Waals surface area contributed by atoms with Crippen molar-refractivity contribution in [1.29, 1.82) is 0 Å². The van der Waals surface area contributed by atoms with Crippen LogP contribution < -0.4 is 10.6 Å². The van der Waals surface area contributed by atoms with Crippen molar-refractivity contribution in [3.8, 4) is 0 Å². The van der Waals surface area contributed by atoms with Gasteiger partial charge >= 0.3 is 0 Å². The molecular formula is C25H34N2O. The number of nitrogens with one attached hydrogen (secondary N) is 2. The maximum absolute atomic E-state index is 13.7. The molecule has 150 valence electrons. The monoisotopic (exact) mass is 378 g/mol. The van der Waals surface area contributed by atoms with E-state index in [1.165, 1.54) is 36.0 Å². The third kappa shape index (κ3) is 3.12. The van der Waals surface area contributed by atoms with E-state index < -0.39 is 0 Å². The van der Waals surface area contributed by atoms with Gasteiger partial charge in [0, 0.05) is 34.8 Å². The second-order valence-corrected chi connectivity index (χ2v) is 10.8. The Bertz CT molecular complexity index is 800. The van der Waals surface area contributed by atoms with Gasteiger partial charge in [0.05, 0.1) is 0 Å². The van der Waals surface area contributed by atoms with Crippen LogP contribution in [0, 0.1) is 23.2 Å². The minimum absolute atomic E-state index is 0.0227. The molecule has 0 atom stereocenters. The highest BCUT2D eigenvalue weighted by Gasteiger charge is 2.54. The van der Waals surface area contributed by atoms with E-state index in [1.807, 2.05) is 13.1 Å². The molecule has 0 spiro atoms. The molecule has 0 unspecified atom stereocenters. The van der Waals surface area contributed by atoms with Crippen molar-refractivity contribution >= 4 is 11.5 Å². The number of carbonyl (C=O) groups excluding carboxylic acids is 1. The lowest BCUT2D eigenvalue weighted by molar-refractivity contribution is -0.138. The Morgan fingerprint density at radius 1 is 1.14 bits per heavy atom. The number of rotatable bonds is 4.